The van der Waals surface area contributed by atoms with Crippen LogP contribution in [0.5, 0.6) is 0 Å². The van der Waals surface area contributed by atoms with Crippen LogP contribution >= 0.6 is 0 Å². The van der Waals surface area contributed by atoms with Crippen LogP contribution in [0.25, 0.3) is 22.1 Å². The molecule has 2 bridgehead atoms. The van der Waals surface area contributed by atoms with Crippen molar-refractivity contribution in [1.29, 1.82) is 0 Å². The highest BCUT2D eigenvalue weighted by Gasteiger charge is 2.55. The maximum atomic E-state index is 9.14. The largest absolute Gasteiger partial charge is 0.468 e. The van der Waals surface area contributed by atoms with Gasteiger partial charge in [0.05, 0.1) is 22.7 Å². The molecule has 2 unspecified atom stereocenters. The van der Waals surface area contributed by atoms with Gasteiger partial charge in [0, 0.05) is 49.2 Å². The summed E-state index contributed by atoms with van der Waals surface area (Å²) in [7, 11) is 0. The highest BCUT2D eigenvalue weighted by atomic mass is 16.3. The maximum Gasteiger partial charge on any atom is 0.297 e. The fourth-order valence-corrected chi connectivity index (χ4v) is 16.7. The monoisotopic (exact) mass is 1090 g/mol. The van der Waals surface area contributed by atoms with Gasteiger partial charge in [-0.2, -0.15) is 0 Å². The lowest BCUT2D eigenvalue weighted by Crippen LogP contribution is -2.61. The summed E-state index contributed by atoms with van der Waals surface area (Å²) < 4.78 is 35.3. The van der Waals surface area contributed by atoms with E-state index in [0.29, 0.717) is 11.3 Å². The van der Waals surface area contributed by atoms with Crippen molar-refractivity contribution in [2.45, 2.75) is 180 Å². The van der Waals surface area contributed by atoms with Gasteiger partial charge in [0.15, 0.2) is 0 Å². The molecule has 15 rings (SSSR count). The Morgan fingerprint density at radius 2 is 1.10 bits per heavy atom. The summed E-state index contributed by atoms with van der Waals surface area (Å²) in [5.74, 6) is 0. The van der Waals surface area contributed by atoms with Gasteiger partial charge in [0.25, 0.3) is 6.71 Å². The first-order chi connectivity index (χ1) is 40.6. The predicted octanol–water partition coefficient (Wildman–Crippen LogP) is 19.7. The van der Waals surface area contributed by atoms with Gasteiger partial charge >= 0.3 is 0 Å². The third-order valence-corrected chi connectivity index (χ3v) is 21.8. The molecule has 5 heteroatoms. The average molecular weight is 1090 g/mol. The Morgan fingerprint density at radius 1 is 0.506 bits per heavy atom. The number of rotatable bonds is 6. The second-order valence-corrected chi connectivity index (χ2v) is 30.3. The average Bonchev–Trinajstić information content (AvgIpc) is 1.23. The van der Waals surface area contributed by atoms with Crippen LogP contribution in [0.1, 0.15) is 184 Å². The minimum atomic E-state index is -2.41. The quantitative estimate of drug-likeness (QED) is 0.155. The smallest absolute Gasteiger partial charge is 0.297 e. The van der Waals surface area contributed by atoms with Crippen molar-refractivity contribution in [3.63, 3.8) is 0 Å². The molecule has 418 valence electrons. The lowest BCUT2D eigenvalue weighted by molar-refractivity contribution is 0.332. The molecule has 3 heterocycles. The second-order valence-electron chi connectivity index (χ2n) is 30.3. The van der Waals surface area contributed by atoms with Crippen LogP contribution in [0.3, 0.4) is 0 Å². The first-order valence-corrected chi connectivity index (χ1v) is 31.0. The van der Waals surface area contributed by atoms with E-state index in [9.17, 15) is 0 Å². The molecule has 0 saturated heterocycles. The van der Waals surface area contributed by atoms with Gasteiger partial charge in [0.2, 0.25) is 0 Å². The molecular weight excluding hydrogens is 1010 g/mol. The zero-order chi connectivity index (χ0) is 60.2. The minimum Gasteiger partial charge on any atom is -0.468 e. The molecule has 83 heavy (non-hydrogen) atoms. The van der Waals surface area contributed by atoms with Crippen LogP contribution in [0.2, 0.25) is 0 Å². The van der Waals surface area contributed by atoms with Gasteiger partial charge in [-0.15, -0.1) is 0 Å². The number of hydrogen-bond acceptors (Lipinski definition) is 4. The molecule has 2 aliphatic heterocycles. The van der Waals surface area contributed by atoms with Crippen molar-refractivity contribution < 1.29 is 8.53 Å². The molecule has 0 spiro atoms. The number of furan rings is 1. The Labute approximate surface area is 499 Å². The first kappa shape index (κ1) is 49.2. The highest BCUT2D eigenvalue weighted by Crippen LogP contribution is 2.62. The standard InChI is InChI=1S/C78H82BN3O/c1-48-23-21-22-28-63(48)80(51-26-19-16-20-27-51)53-41-66-69-67(42-53)82(64-32-29-50(72(2,3)4)39-54(64)49-24-17-15-18-25-49)65-45-59-58(75(9,10)35-36-76(59,11)12)44-62(65)79(69)71-70(55-43-60-61(46-68(55)83-71)78(14)38-37-77(60,13)47-78)81(66)52-30-31-56-57(40-52)74(7,8)34-33-73(56,5)6/h15-32,39-46H,33-38,47H2,1-14H3/i1D3. The van der Waals surface area contributed by atoms with Crippen LogP contribution in [0.4, 0.5) is 51.2 Å². The summed E-state index contributed by atoms with van der Waals surface area (Å²) in [6.07, 6.45) is 7.87. The molecule has 1 fully saturated rings. The Kier molecular flexibility index (Phi) is 10.3. The third-order valence-electron chi connectivity index (χ3n) is 21.8. The lowest BCUT2D eigenvalue weighted by Gasteiger charge is -2.47. The Hall–Kier alpha value is -7.24. The zero-order valence-electron chi connectivity index (χ0n) is 54.3. The molecule has 1 saturated carbocycles. The summed E-state index contributed by atoms with van der Waals surface area (Å²) in [6.45, 7) is 28.7. The third kappa shape index (κ3) is 7.70. The molecule has 0 N–H and O–H groups in total. The number of benzene rings is 8. The van der Waals surface area contributed by atoms with Crippen molar-refractivity contribution in [3.8, 4) is 11.1 Å². The van der Waals surface area contributed by atoms with Crippen molar-refractivity contribution in [3.05, 3.63) is 202 Å². The first-order valence-electron chi connectivity index (χ1n) is 32.5. The van der Waals surface area contributed by atoms with E-state index in [2.05, 4.69) is 232 Å². The molecule has 1 aromatic heterocycles. The molecule has 0 amide bonds. The van der Waals surface area contributed by atoms with Crippen molar-refractivity contribution in [2.75, 3.05) is 14.7 Å². The molecule has 2 atom stereocenters. The molecule has 4 nitrogen and oxygen atoms in total. The summed E-state index contributed by atoms with van der Waals surface area (Å²) in [5, 5.41) is 1.14. The Balaban J connectivity index is 1.14. The van der Waals surface area contributed by atoms with E-state index in [1.807, 2.05) is 24.3 Å². The fraction of sp³-hybridized carbons (Fsp3) is 0.359. The van der Waals surface area contributed by atoms with Crippen molar-refractivity contribution in [1.82, 2.24) is 0 Å². The van der Waals surface area contributed by atoms with E-state index < -0.39 is 6.85 Å². The number of para-hydroxylation sites is 2. The molecule has 6 aliphatic rings. The highest BCUT2D eigenvalue weighted by molar-refractivity contribution is 7.00. The van der Waals surface area contributed by atoms with E-state index in [4.69, 9.17) is 8.53 Å². The van der Waals surface area contributed by atoms with Crippen LogP contribution in [-0.2, 0) is 37.9 Å². The number of anilines is 9. The summed E-state index contributed by atoms with van der Waals surface area (Å²) >= 11 is 0. The van der Waals surface area contributed by atoms with E-state index >= 15 is 0 Å². The molecule has 8 aromatic carbocycles. The second kappa shape index (κ2) is 17.4. The number of fused-ring (bicyclic) bond motifs is 13. The van der Waals surface area contributed by atoms with E-state index in [0.717, 1.165) is 105 Å². The Bertz CT molecular complexity index is 4310. The van der Waals surface area contributed by atoms with Crippen LogP contribution in [0, 0.1) is 6.85 Å². The normalized spacial score (nSPS) is 22.4. The number of aryl methyl sites for hydroxylation is 1. The summed E-state index contributed by atoms with van der Waals surface area (Å²) in [6, 6.07) is 58.6. The van der Waals surface area contributed by atoms with Gasteiger partial charge in [-0.3, -0.25) is 0 Å². The van der Waals surface area contributed by atoms with E-state index in [-0.39, 0.29) is 44.6 Å². The van der Waals surface area contributed by atoms with Crippen molar-refractivity contribution >= 4 is 85.5 Å². The van der Waals surface area contributed by atoms with E-state index in [1.54, 1.807) is 6.07 Å². The van der Waals surface area contributed by atoms with Gasteiger partial charge in [0.1, 0.15) is 5.58 Å². The SMILES string of the molecule is [2H]C([2H])([2H])c1ccccc1N(c1ccccc1)c1cc2c3c(c1)N(c1ccc4c(c1)C(C)(C)CCC4(C)C)c1c(oc4cc5c(cc14)C1(C)CCC5(C)C1)B3c1cc3c(cc1N2c1ccc(C(C)(C)C)cc1-c1ccccc1)C(C)(C)CCC3(C)C. The topological polar surface area (TPSA) is 22.9 Å². The summed E-state index contributed by atoms with van der Waals surface area (Å²) in [5.41, 5.74) is 25.3. The van der Waals surface area contributed by atoms with Gasteiger partial charge < -0.3 is 19.1 Å². The van der Waals surface area contributed by atoms with Crippen LogP contribution in [-0.4, -0.2) is 6.71 Å². The van der Waals surface area contributed by atoms with Gasteiger partial charge in [-0.25, -0.2) is 0 Å². The summed E-state index contributed by atoms with van der Waals surface area (Å²) in [4.78, 5) is 7.42. The Morgan fingerprint density at radius 3 is 1.76 bits per heavy atom. The number of nitrogens with zero attached hydrogens (tertiary/aromatic N) is 3. The van der Waals surface area contributed by atoms with E-state index in [1.165, 1.54) is 62.7 Å². The molecule has 4 aliphatic carbocycles. The van der Waals surface area contributed by atoms with Crippen LogP contribution in [0.15, 0.2) is 162 Å². The number of hydrogen-bond donors (Lipinski definition) is 0. The lowest BCUT2D eigenvalue weighted by atomic mass is 9.35. The zero-order valence-corrected chi connectivity index (χ0v) is 51.3. The molecule has 9 aromatic rings. The van der Waals surface area contributed by atoms with Gasteiger partial charge in [-0.05, 0) is 223 Å². The fourth-order valence-electron chi connectivity index (χ4n) is 16.7. The van der Waals surface area contributed by atoms with Crippen molar-refractivity contribution in [2.24, 2.45) is 0 Å². The van der Waals surface area contributed by atoms with Crippen LogP contribution < -0.4 is 31.3 Å². The molecular formula is C78H82BN3O. The maximum absolute atomic E-state index is 9.14. The minimum absolute atomic E-state index is 0.00537. The predicted molar refractivity (Wildman–Crippen MR) is 353 cm³/mol. The van der Waals surface area contributed by atoms with Gasteiger partial charge in [-0.1, -0.05) is 175 Å². The molecule has 0 radical (unpaired) electrons.